The fraction of sp³-hybridized carbons (Fsp3) is 0.231. The Morgan fingerprint density at radius 2 is 2.32 bits per heavy atom. The van der Waals surface area contributed by atoms with Gasteiger partial charge in [0.1, 0.15) is 16.8 Å². The Kier molecular flexibility index (Phi) is 4.01. The van der Waals surface area contributed by atoms with Crippen LogP contribution in [0.3, 0.4) is 0 Å². The molecule has 1 amide bonds. The Hall–Kier alpha value is -2.10. The Morgan fingerprint density at radius 1 is 1.45 bits per heavy atom. The summed E-state index contributed by atoms with van der Waals surface area (Å²) in [6, 6.07) is 3.61. The van der Waals surface area contributed by atoms with Gasteiger partial charge in [0.15, 0.2) is 0 Å². The van der Waals surface area contributed by atoms with Crippen LogP contribution in [0.1, 0.15) is 22.2 Å². The number of thiophene rings is 2. The van der Waals surface area contributed by atoms with Gasteiger partial charge in [0.2, 0.25) is 0 Å². The largest absolute Gasteiger partial charge is 0.384 e. The Morgan fingerprint density at radius 3 is 3.00 bits per heavy atom. The molecule has 3 aromatic rings. The fourth-order valence-corrected chi connectivity index (χ4v) is 3.51. The molecule has 0 fully saturated rings. The highest BCUT2D eigenvalue weighted by atomic mass is 32.1. The molecule has 0 saturated heterocycles. The number of carbonyl (C=O) groups is 1. The van der Waals surface area contributed by atoms with E-state index >= 15 is 0 Å². The lowest BCUT2D eigenvalue weighted by Gasteiger charge is -2.22. The molecule has 0 spiro atoms. The first-order valence-electron chi connectivity index (χ1n) is 6.42. The molecule has 0 aliphatic rings. The van der Waals surface area contributed by atoms with Crippen molar-refractivity contribution in [2.45, 2.75) is 12.5 Å². The molecule has 22 heavy (non-hydrogen) atoms. The van der Waals surface area contributed by atoms with Crippen LogP contribution < -0.4 is 5.32 Å². The van der Waals surface area contributed by atoms with E-state index in [0.29, 0.717) is 10.6 Å². The van der Waals surface area contributed by atoms with Crippen molar-refractivity contribution >= 4 is 28.6 Å². The maximum absolute atomic E-state index is 12.3. The molecule has 2 N–H and O–H groups in total. The minimum Gasteiger partial charge on any atom is -0.384 e. The van der Waals surface area contributed by atoms with Gasteiger partial charge in [-0.1, -0.05) is 0 Å². The summed E-state index contributed by atoms with van der Waals surface area (Å²) in [6.07, 6.45) is 1.43. The molecular formula is C13H13N5O2S2. The summed E-state index contributed by atoms with van der Waals surface area (Å²) in [5.41, 5.74) is 0.286. The molecule has 9 heteroatoms. The van der Waals surface area contributed by atoms with Crippen molar-refractivity contribution in [2.24, 2.45) is 0 Å². The van der Waals surface area contributed by atoms with Crippen LogP contribution in [0.15, 0.2) is 34.6 Å². The number of rotatable bonds is 5. The molecular weight excluding hydrogens is 322 g/mol. The Labute approximate surface area is 134 Å². The van der Waals surface area contributed by atoms with E-state index in [2.05, 4.69) is 20.8 Å². The lowest BCUT2D eigenvalue weighted by molar-refractivity contribution is 0.0531. The van der Waals surface area contributed by atoms with Crippen LogP contribution in [0.4, 0.5) is 0 Å². The summed E-state index contributed by atoms with van der Waals surface area (Å²) >= 11 is 2.80. The van der Waals surface area contributed by atoms with Crippen LogP contribution in [0.2, 0.25) is 0 Å². The minimum atomic E-state index is -1.11. The maximum atomic E-state index is 12.3. The van der Waals surface area contributed by atoms with Crippen LogP contribution in [0.5, 0.6) is 0 Å². The van der Waals surface area contributed by atoms with Crippen molar-refractivity contribution in [1.29, 1.82) is 0 Å². The van der Waals surface area contributed by atoms with E-state index in [1.807, 2.05) is 16.8 Å². The van der Waals surface area contributed by atoms with Crippen molar-refractivity contribution in [1.82, 2.24) is 25.5 Å². The molecule has 0 bridgehead atoms. The van der Waals surface area contributed by atoms with E-state index in [-0.39, 0.29) is 12.5 Å². The number of hydrogen-bond acceptors (Lipinski definition) is 7. The quantitative estimate of drug-likeness (QED) is 0.736. The first-order chi connectivity index (χ1) is 10.6. The first-order valence-corrected chi connectivity index (χ1v) is 8.24. The molecule has 114 valence electrons. The second-order valence-electron chi connectivity index (χ2n) is 4.86. The lowest BCUT2D eigenvalue weighted by Crippen LogP contribution is -2.38. The van der Waals surface area contributed by atoms with E-state index < -0.39 is 5.60 Å². The summed E-state index contributed by atoms with van der Waals surface area (Å²) in [7, 11) is 0. The van der Waals surface area contributed by atoms with Crippen LogP contribution in [0.25, 0.3) is 5.69 Å². The standard InChI is InChI=1S/C13H13N5O2S2/c1-13(20,9-2-4-21-6-9)7-14-12(19)11-10(3-5-22-11)18-8-15-16-17-18/h2-6,8,20H,7H2,1H3,(H,14,19)/t13-/m1/s1. The zero-order valence-corrected chi connectivity index (χ0v) is 13.3. The van der Waals surface area contributed by atoms with Gasteiger partial charge >= 0.3 is 0 Å². The van der Waals surface area contributed by atoms with Crippen LogP contribution in [-0.4, -0.2) is 37.8 Å². The van der Waals surface area contributed by atoms with Gasteiger partial charge in [-0.05, 0) is 51.2 Å². The molecule has 0 saturated carbocycles. The number of tetrazole rings is 1. The highest BCUT2D eigenvalue weighted by Crippen LogP contribution is 2.23. The molecule has 0 aliphatic carbocycles. The van der Waals surface area contributed by atoms with Gasteiger partial charge in [-0.25, -0.2) is 0 Å². The van der Waals surface area contributed by atoms with E-state index in [4.69, 9.17) is 0 Å². The fourth-order valence-electron chi connectivity index (χ4n) is 1.93. The van der Waals surface area contributed by atoms with Gasteiger partial charge in [-0.2, -0.15) is 16.0 Å². The van der Waals surface area contributed by atoms with E-state index in [1.165, 1.54) is 33.7 Å². The molecule has 3 rings (SSSR count). The molecule has 0 radical (unpaired) electrons. The average molecular weight is 335 g/mol. The van der Waals surface area contributed by atoms with Crippen LogP contribution in [-0.2, 0) is 5.60 Å². The molecule has 1 atom stereocenters. The van der Waals surface area contributed by atoms with E-state index in [0.717, 1.165) is 5.56 Å². The number of amides is 1. The van der Waals surface area contributed by atoms with Crippen molar-refractivity contribution < 1.29 is 9.90 Å². The number of carbonyl (C=O) groups excluding carboxylic acids is 1. The molecule has 7 nitrogen and oxygen atoms in total. The SMILES string of the molecule is C[C@@](O)(CNC(=O)c1sccc1-n1cnnn1)c1ccsc1. The smallest absolute Gasteiger partial charge is 0.263 e. The van der Waals surface area contributed by atoms with E-state index in [1.54, 1.807) is 18.4 Å². The predicted octanol–water partition coefficient (Wildman–Crippen LogP) is 1.42. The van der Waals surface area contributed by atoms with Gasteiger partial charge < -0.3 is 10.4 Å². The minimum absolute atomic E-state index is 0.121. The van der Waals surface area contributed by atoms with Gasteiger partial charge in [-0.15, -0.1) is 16.4 Å². The highest BCUT2D eigenvalue weighted by molar-refractivity contribution is 7.12. The van der Waals surface area contributed by atoms with Gasteiger partial charge in [-0.3, -0.25) is 4.79 Å². The monoisotopic (exact) mass is 335 g/mol. The summed E-state index contributed by atoms with van der Waals surface area (Å²) < 4.78 is 1.43. The third-order valence-electron chi connectivity index (χ3n) is 3.18. The van der Waals surface area contributed by atoms with Crippen molar-refractivity contribution in [3.63, 3.8) is 0 Å². The second kappa shape index (κ2) is 5.95. The summed E-state index contributed by atoms with van der Waals surface area (Å²) in [5.74, 6) is -0.268. The third kappa shape index (κ3) is 2.91. The van der Waals surface area contributed by atoms with Crippen molar-refractivity contribution in [2.75, 3.05) is 6.54 Å². The molecule has 3 aromatic heterocycles. The Balaban J connectivity index is 1.72. The van der Waals surface area contributed by atoms with Crippen molar-refractivity contribution in [3.8, 4) is 5.69 Å². The predicted molar refractivity (Wildman–Crippen MR) is 83.3 cm³/mol. The average Bonchev–Trinajstić information content (AvgIpc) is 3.26. The second-order valence-corrected chi connectivity index (χ2v) is 6.55. The molecule has 0 unspecified atom stereocenters. The summed E-state index contributed by atoms with van der Waals surface area (Å²) in [4.78, 5) is 12.8. The topological polar surface area (TPSA) is 92.9 Å². The lowest BCUT2D eigenvalue weighted by atomic mass is 9.99. The van der Waals surface area contributed by atoms with Crippen molar-refractivity contribution in [3.05, 3.63) is 45.0 Å². The van der Waals surface area contributed by atoms with Crippen LogP contribution in [0, 0.1) is 0 Å². The number of nitrogens with zero attached hydrogens (tertiary/aromatic N) is 4. The zero-order valence-electron chi connectivity index (χ0n) is 11.6. The number of nitrogens with one attached hydrogen (secondary N) is 1. The highest BCUT2D eigenvalue weighted by Gasteiger charge is 2.25. The van der Waals surface area contributed by atoms with Gasteiger partial charge in [0, 0.05) is 0 Å². The molecule has 0 aliphatic heterocycles. The maximum Gasteiger partial charge on any atom is 0.263 e. The zero-order chi connectivity index (χ0) is 15.6. The number of hydrogen-bond donors (Lipinski definition) is 2. The van der Waals surface area contributed by atoms with Gasteiger partial charge in [0.25, 0.3) is 5.91 Å². The summed E-state index contributed by atoms with van der Waals surface area (Å²) in [6.45, 7) is 1.79. The molecule has 3 heterocycles. The van der Waals surface area contributed by atoms with E-state index in [9.17, 15) is 9.90 Å². The number of aromatic nitrogens is 4. The Bertz CT molecular complexity index is 749. The first kappa shape index (κ1) is 14.8. The third-order valence-corrected chi connectivity index (χ3v) is 4.77. The van der Waals surface area contributed by atoms with Gasteiger partial charge in [0.05, 0.1) is 12.2 Å². The summed E-state index contributed by atoms with van der Waals surface area (Å²) in [5, 5.41) is 29.7. The molecule has 0 aromatic carbocycles. The number of aliphatic hydroxyl groups is 1. The van der Waals surface area contributed by atoms with Crippen LogP contribution >= 0.6 is 22.7 Å². The normalized spacial score (nSPS) is 13.7.